The van der Waals surface area contributed by atoms with E-state index >= 15 is 0 Å². The number of ether oxygens (including phenoxy) is 1. The molecule has 1 aromatic heterocycles. The number of carbonyl (C=O) groups is 3. The van der Waals surface area contributed by atoms with Crippen LogP contribution in [0.1, 0.15) is 24.5 Å². The third-order valence-corrected chi connectivity index (χ3v) is 5.52. The number of nitrogens with zero attached hydrogens (tertiary/aromatic N) is 3. The molecule has 2 amide bonds. The number of para-hydroxylation sites is 2. The van der Waals surface area contributed by atoms with Crippen LogP contribution >= 0.6 is 0 Å². The number of fused-ring (bicyclic) bond motifs is 1. The third-order valence-electron chi connectivity index (χ3n) is 5.52. The lowest BCUT2D eigenvalue weighted by Gasteiger charge is -2.18. The van der Waals surface area contributed by atoms with Crippen LogP contribution in [0, 0.1) is 16.0 Å². The van der Waals surface area contributed by atoms with Gasteiger partial charge in [0, 0.05) is 24.5 Å². The van der Waals surface area contributed by atoms with Crippen LogP contribution in [0.3, 0.4) is 0 Å². The number of aromatic nitrogens is 2. The number of H-pyrrole nitrogens is 1. The van der Waals surface area contributed by atoms with Crippen molar-refractivity contribution in [2.75, 3.05) is 12.0 Å². The zero-order valence-corrected chi connectivity index (χ0v) is 17.4. The Hall–Kier alpha value is -4.41. The minimum Gasteiger partial charge on any atom is -0.469 e. The number of methoxy groups -OCH3 is 1. The van der Waals surface area contributed by atoms with Crippen molar-refractivity contribution in [3.05, 3.63) is 74.7 Å². The second kappa shape index (κ2) is 8.61. The van der Waals surface area contributed by atoms with E-state index in [1.165, 1.54) is 24.3 Å². The molecule has 0 radical (unpaired) electrons. The Bertz CT molecular complexity index is 1330. The van der Waals surface area contributed by atoms with Crippen molar-refractivity contribution in [2.24, 2.45) is 5.92 Å². The fourth-order valence-corrected chi connectivity index (χ4v) is 3.90. The van der Waals surface area contributed by atoms with Gasteiger partial charge in [0.25, 0.3) is 11.2 Å². The van der Waals surface area contributed by atoms with Gasteiger partial charge in [0.05, 0.1) is 28.8 Å². The number of nitro benzene ring substituents is 1. The van der Waals surface area contributed by atoms with E-state index < -0.39 is 40.1 Å². The van der Waals surface area contributed by atoms with Crippen molar-refractivity contribution in [2.45, 2.75) is 18.8 Å². The topological polar surface area (TPSA) is 153 Å². The Morgan fingerprint density at radius 3 is 2.58 bits per heavy atom. The molecule has 1 aliphatic rings. The molecule has 33 heavy (non-hydrogen) atoms. The number of anilines is 1. The van der Waals surface area contributed by atoms with Gasteiger partial charge in [0.15, 0.2) is 0 Å². The first-order valence-corrected chi connectivity index (χ1v) is 9.98. The van der Waals surface area contributed by atoms with Gasteiger partial charge < -0.3 is 9.72 Å². The van der Waals surface area contributed by atoms with Crippen molar-refractivity contribution in [3.63, 3.8) is 0 Å². The zero-order valence-electron chi connectivity index (χ0n) is 17.4. The molecule has 2 atom stereocenters. The van der Waals surface area contributed by atoms with Crippen LogP contribution in [-0.2, 0) is 19.1 Å². The minimum atomic E-state index is -1.16. The fourth-order valence-electron chi connectivity index (χ4n) is 3.90. The van der Waals surface area contributed by atoms with E-state index in [9.17, 15) is 29.3 Å². The van der Waals surface area contributed by atoms with Gasteiger partial charge in [0.1, 0.15) is 11.6 Å². The molecule has 2 heterocycles. The molecule has 3 aromatic rings. The van der Waals surface area contributed by atoms with Crippen molar-refractivity contribution in [1.29, 1.82) is 0 Å². The fraction of sp³-hybridized carbons (Fsp3) is 0.227. The van der Waals surface area contributed by atoms with Crippen molar-refractivity contribution >= 4 is 40.2 Å². The molecule has 0 aliphatic carbocycles. The first-order chi connectivity index (χ1) is 15.8. The molecular weight excluding hydrogens is 432 g/mol. The van der Waals surface area contributed by atoms with Crippen molar-refractivity contribution in [1.82, 2.24) is 9.97 Å². The van der Waals surface area contributed by atoms with E-state index in [1.807, 2.05) is 0 Å². The Morgan fingerprint density at radius 1 is 1.21 bits per heavy atom. The summed E-state index contributed by atoms with van der Waals surface area (Å²) < 4.78 is 4.85. The molecule has 1 fully saturated rings. The van der Waals surface area contributed by atoms with Gasteiger partial charge in [-0.25, -0.2) is 4.98 Å². The lowest BCUT2D eigenvalue weighted by Crippen LogP contribution is -2.32. The Kier molecular flexibility index (Phi) is 5.69. The van der Waals surface area contributed by atoms with Crippen LogP contribution < -0.4 is 10.5 Å². The van der Waals surface area contributed by atoms with E-state index in [-0.39, 0.29) is 29.9 Å². The molecular formula is C22H18N4O7. The highest BCUT2D eigenvalue weighted by molar-refractivity contribution is 6.21. The maximum absolute atomic E-state index is 13.0. The predicted octanol–water partition coefficient (Wildman–Crippen LogP) is 2.06. The van der Waals surface area contributed by atoms with Gasteiger partial charge >= 0.3 is 5.97 Å². The smallest absolute Gasteiger partial charge is 0.314 e. The molecule has 1 aliphatic heterocycles. The third kappa shape index (κ3) is 4.07. The molecule has 168 valence electrons. The van der Waals surface area contributed by atoms with Gasteiger partial charge in [-0.15, -0.1) is 0 Å². The number of nitrogens with one attached hydrogen (secondary N) is 1. The molecule has 1 saturated heterocycles. The van der Waals surface area contributed by atoms with Crippen LogP contribution in [0.4, 0.5) is 11.4 Å². The second-order valence-corrected chi connectivity index (χ2v) is 7.52. The molecule has 4 rings (SSSR count). The lowest BCUT2D eigenvalue weighted by atomic mass is 9.90. The molecule has 2 aromatic carbocycles. The number of carbonyl (C=O) groups excluding carboxylic acids is 3. The van der Waals surface area contributed by atoms with Crippen LogP contribution in [0.5, 0.6) is 0 Å². The summed E-state index contributed by atoms with van der Waals surface area (Å²) in [5, 5.41) is 10.9. The Labute approximate surface area is 186 Å². The SMILES string of the molecule is COC(=O)C(CC1CC(=O)N(c2ccc([N+](=O)[O-])cc2)C1=O)c1nc2ccccc2[nH]c1=O. The highest BCUT2D eigenvalue weighted by atomic mass is 16.6. The van der Waals surface area contributed by atoms with Gasteiger partial charge in [-0.1, -0.05) is 12.1 Å². The average Bonchev–Trinajstić information content (AvgIpc) is 3.09. The van der Waals surface area contributed by atoms with E-state index in [0.29, 0.717) is 11.0 Å². The Morgan fingerprint density at radius 2 is 1.91 bits per heavy atom. The summed E-state index contributed by atoms with van der Waals surface area (Å²) in [6, 6.07) is 11.8. The van der Waals surface area contributed by atoms with E-state index in [1.54, 1.807) is 24.3 Å². The van der Waals surface area contributed by atoms with Gasteiger partial charge in [0.2, 0.25) is 11.8 Å². The van der Waals surface area contributed by atoms with Gasteiger partial charge in [-0.05, 0) is 30.7 Å². The molecule has 0 saturated carbocycles. The van der Waals surface area contributed by atoms with Crippen LogP contribution in [0.25, 0.3) is 11.0 Å². The molecule has 0 spiro atoms. The summed E-state index contributed by atoms with van der Waals surface area (Å²) >= 11 is 0. The first-order valence-electron chi connectivity index (χ1n) is 9.98. The standard InChI is InChI=1S/C22H18N4O7/c1-33-22(30)15(19-20(28)24-17-5-3-2-4-16(17)23-19)10-12-11-18(27)25(21(12)29)13-6-8-14(9-7-13)26(31)32/h2-9,12,15H,10-11H2,1H3,(H,24,28). The average molecular weight is 450 g/mol. The number of imide groups is 1. The second-order valence-electron chi connectivity index (χ2n) is 7.52. The zero-order chi connectivity index (χ0) is 23.7. The van der Waals surface area contributed by atoms with Crippen LogP contribution in [-0.4, -0.2) is 39.8 Å². The van der Waals surface area contributed by atoms with Crippen molar-refractivity contribution < 1.29 is 24.0 Å². The van der Waals surface area contributed by atoms with Crippen molar-refractivity contribution in [3.8, 4) is 0 Å². The summed E-state index contributed by atoms with van der Waals surface area (Å²) in [4.78, 5) is 69.0. The monoisotopic (exact) mass is 450 g/mol. The highest BCUT2D eigenvalue weighted by Crippen LogP contribution is 2.34. The minimum absolute atomic E-state index is 0.102. The quantitative estimate of drug-likeness (QED) is 0.259. The number of amides is 2. The number of rotatable bonds is 6. The molecule has 11 heteroatoms. The summed E-state index contributed by atoms with van der Waals surface area (Å²) in [5.74, 6) is -3.90. The maximum Gasteiger partial charge on any atom is 0.314 e. The lowest BCUT2D eigenvalue weighted by molar-refractivity contribution is -0.384. The van der Waals surface area contributed by atoms with E-state index in [4.69, 9.17) is 4.74 Å². The first kappa shape index (κ1) is 21.8. The van der Waals surface area contributed by atoms with E-state index in [2.05, 4.69) is 9.97 Å². The number of nitro groups is 1. The van der Waals surface area contributed by atoms with Crippen LogP contribution in [0.15, 0.2) is 53.3 Å². The molecule has 2 unspecified atom stereocenters. The Balaban J connectivity index is 1.64. The molecule has 0 bridgehead atoms. The summed E-state index contributed by atoms with van der Waals surface area (Å²) in [5.41, 5.74) is 0.271. The summed E-state index contributed by atoms with van der Waals surface area (Å²) in [7, 11) is 1.16. The van der Waals surface area contributed by atoms with Gasteiger partial charge in [-0.2, -0.15) is 0 Å². The van der Waals surface area contributed by atoms with E-state index in [0.717, 1.165) is 12.0 Å². The molecule has 11 nitrogen and oxygen atoms in total. The predicted molar refractivity (Wildman–Crippen MR) is 115 cm³/mol. The number of benzene rings is 2. The highest BCUT2D eigenvalue weighted by Gasteiger charge is 2.43. The van der Waals surface area contributed by atoms with Crippen LogP contribution in [0.2, 0.25) is 0 Å². The number of hydrogen-bond acceptors (Lipinski definition) is 8. The normalized spacial score (nSPS) is 16.8. The number of non-ortho nitro benzene ring substituents is 1. The summed E-state index contributed by atoms with van der Waals surface area (Å²) in [6.07, 6.45) is -0.343. The number of hydrogen-bond donors (Lipinski definition) is 1. The largest absolute Gasteiger partial charge is 0.469 e. The number of esters is 1. The maximum atomic E-state index is 13.0. The summed E-state index contributed by atoms with van der Waals surface area (Å²) in [6.45, 7) is 0. The van der Waals surface area contributed by atoms with Gasteiger partial charge in [-0.3, -0.25) is 34.2 Å². The molecule has 1 N–H and O–H groups in total. The number of aromatic amines is 1.